The summed E-state index contributed by atoms with van der Waals surface area (Å²) >= 11 is 0. The van der Waals surface area contributed by atoms with E-state index >= 15 is 0 Å². The lowest BCUT2D eigenvalue weighted by molar-refractivity contribution is 0.793. The van der Waals surface area contributed by atoms with Gasteiger partial charge in [0.15, 0.2) is 0 Å². The van der Waals surface area contributed by atoms with Crippen LogP contribution in [0.2, 0.25) is 0 Å². The van der Waals surface area contributed by atoms with Crippen molar-refractivity contribution in [3.63, 3.8) is 0 Å². The highest BCUT2D eigenvalue weighted by Gasteiger charge is 2.51. The smallest absolute Gasteiger partial charge is 0.0726 e. The highest BCUT2D eigenvalue weighted by molar-refractivity contribution is 6.16. The second kappa shape index (κ2) is 17.2. The van der Waals surface area contributed by atoms with Crippen LogP contribution in [0.15, 0.2) is 291 Å². The maximum atomic E-state index is 2.53. The van der Waals surface area contributed by atoms with E-state index in [0.717, 1.165) is 33.9 Å². The number of rotatable bonds is 8. The van der Waals surface area contributed by atoms with Gasteiger partial charge >= 0.3 is 0 Å². The summed E-state index contributed by atoms with van der Waals surface area (Å²) in [6.07, 6.45) is 0. The van der Waals surface area contributed by atoms with Crippen LogP contribution in [0.1, 0.15) is 22.3 Å². The molecule has 15 rings (SSSR count). The zero-order valence-corrected chi connectivity index (χ0v) is 41.1. The van der Waals surface area contributed by atoms with Crippen molar-refractivity contribution in [3.8, 4) is 72.4 Å². The largest absolute Gasteiger partial charge is 0.310 e. The molecular weight excluding hydrogens is 905 g/mol. The molecule has 2 nitrogen and oxygen atoms in total. The van der Waals surface area contributed by atoms with E-state index in [0.29, 0.717) is 0 Å². The first-order chi connectivity index (χ1) is 37.3. The van der Waals surface area contributed by atoms with Crippen LogP contribution in [0.25, 0.3) is 94.3 Å². The van der Waals surface area contributed by atoms with E-state index in [-0.39, 0.29) is 0 Å². The van der Waals surface area contributed by atoms with Crippen molar-refractivity contribution in [2.75, 3.05) is 4.90 Å². The average molecular weight is 953 g/mol. The molecule has 0 fully saturated rings. The number of hydrogen-bond acceptors (Lipinski definition) is 1. The minimum atomic E-state index is -0.503. The summed E-state index contributed by atoms with van der Waals surface area (Å²) in [6.45, 7) is 0. The van der Waals surface area contributed by atoms with Crippen molar-refractivity contribution in [2.45, 2.75) is 5.41 Å². The minimum absolute atomic E-state index is 0.503. The molecule has 2 aliphatic carbocycles. The summed E-state index contributed by atoms with van der Waals surface area (Å²) in [4.78, 5) is 2.53. The quantitative estimate of drug-likeness (QED) is 0.147. The number of nitrogens with zero attached hydrogens (tertiary/aromatic N) is 2. The first-order valence-corrected chi connectivity index (χ1v) is 26.0. The zero-order valence-electron chi connectivity index (χ0n) is 41.1. The second-order valence-electron chi connectivity index (χ2n) is 19.9. The number of anilines is 3. The second-order valence-corrected chi connectivity index (χ2v) is 19.9. The van der Waals surface area contributed by atoms with Gasteiger partial charge in [-0.2, -0.15) is 0 Å². The number of hydrogen-bond donors (Lipinski definition) is 0. The Hall–Kier alpha value is -9.76. The average Bonchev–Trinajstić information content (AvgIpc) is 4.15. The highest BCUT2D eigenvalue weighted by Crippen LogP contribution is 2.63. The van der Waals surface area contributed by atoms with Crippen molar-refractivity contribution < 1.29 is 0 Å². The number of benzene rings is 12. The van der Waals surface area contributed by atoms with Gasteiger partial charge in [-0.1, -0.05) is 237 Å². The van der Waals surface area contributed by atoms with Crippen molar-refractivity contribution >= 4 is 38.9 Å². The molecule has 0 saturated carbocycles. The van der Waals surface area contributed by atoms with Gasteiger partial charge in [0, 0.05) is 33.4 Å². The van der Waals surface area contributed by atoms with Crippen molar-refractivity contribution in [3.05, 3.63) is 313 Å². The lowest BCUT2D eigenvalue weighted by Crippen LogP contribution is -2.26. The van der Waals surface area contributed by atoms with E-state index in [9.17, 15) is 0 Å². The molecule has 75 heavy (non-hydrogen) atoms. The van der Waals surface area contributed by atoms with Crippen molar-refractivity contribution in [1.82, 2.24) is 4.57 Å². The first kappa shape index (κ1) is 42.9. The molecule has 12 aromatic carbocycles. The fraction of sp³-hybridized carbons (Fsp3) is 0.0137. The molecule has 1 aromatic heterocycles. The van der Waals surface area contributed by atoms with Gasteiger partial charge in [-0.25, -0.2) is 0 Å². The molecular formula is C73H48N2. The zero-order chi connectivity index (χ0) is 49.5. The maximum absolute atomic E-state index is 2.53. The molecule has 350 valence electrons. The van der Waals surface area contributed by atoms with E-state index in [4.69, 9.17) is 0 Å². The molecule has 0 N–H and O–H groups in total. The molecule has 0 radical (unpaired) electrons. The lowest BCUT2D eigenvalue weighted by Gasteiger charge is -2.33. The van der Waals surface area contributed by atoms with Crippen LogP contribution in [0, 0.1) is 0 Å². The van der Waals surface area contributed by atoms with Gasteiger partial charge in [0.2, 0.25) is 0 Å². The van der Waals surface area contributed by atoms with E-state index in [1.807, 2.05) is 0 Å². The van der Waals surface area contributed by atoms with Gasteiger partial charge in [-0.3, -0.25) is 0 Å². The van der Waals surface area contributed by atoms with E-state index in [2.05, 4.69) is 301 Å². The van der Waals surface area contributed by atoms with Gasteiger partial charge < -0.3 is 9.47 Å². The molecule has 2 heteroatoms. The standard InChI is InChI=1S/C73H48N2/c1-4-22-49(23-5-1)55-28-10-11-32-62(55)71-56(50-24-6-2-7-25-50)34-20-40-69(71)74(53-44-42-51(43-45-53)57-35-21-41-70-72(57)63-33-15-19-39-68(63)75(70)52-26-8-3-9-27-52)54-46-47-61-60-31-14-18-38-66(60)73(67(61)48-54)64-36-16-12-29-58(64)59-30-13-17-37-65(59)73/h1-48H. The summed E-state index contributed by atoms with van der Waals surface area (Å²) in [7, 11) is 0. The van der Waals surface area contributed by atoms with Crippen LogP contribution in [0.4, 0.5) is 17.1 Å². The molecule has 1 spiro atoms. The molecule has 0 atom stereocenters. The van der Waals surface area contributed by atoms with E-state index in [1.54, 1.807) is 0 Å². The Morgan fingerprint density at radius 3 is 1.39 bits per heavy atom. The SMILES string of the molecule is c1ccc(-c2ccccc2-c2c(-c3ccccc3)cccc2N(c2ccc(-c3cccc4c3c3ccccc3n4-c3ccccc3)cc2)c2ccc3c(c2)C2(c4ccccc4-c4ccccc42)c2ccccc2-3)cc1. The Morgan fingerprint density at radius 2 is 0.733 bits per heavy atom. The van der Waals surface area contributed by atoms with Gasteiger partial charge in [0.05, 0.1) is 22.1 Å². The first-order valence-electron chi connectivity index (χ1n) is 26.0. The molecule has 0 saturated heterocycles. The summed E-state index contributed by atoms with van der Waals surface area (Å²) in [5.41, 5.74) is 26.1. The Balaban J connectivity index is 0.995. The summed E-state index contributed by atoms with van der Waals surface area (Å²) in [5.74, 6) is 0. The Bertz CT molecular complexity index is 4280. The number of para-hydroxylation sites is 2. The highest BCUT2D eigenvalue weighted by atomic mass is 15.1. The number of fused-ring (bicyclic) bond motifs is 13. The van der Waals surface area contributed by atoms with Gasteiger partial charge in [-0.05, 0) is 138 Å². The molecule has 0 amide bonds. The van der Waals surface area contributed by atoms with Crippen LogP contribution in [-0.4, -0.2) is 4.57 Å². The Labute approximate surface area is 437 Å². The third-order valence-corrected chi connectivity index (χ3v) is 16.0. The number of aromatic nitrogens is 1. The third-order valence-electron chi connectivity index (χ3n) is 16.0. The fourth-order valence-electron chi connectivity index (χ4n) is 13.0. The molecule has 13 aromatic rings. The van der Waals surface area contributed by atoms with Crippen LogP contribution >= 0.6 is 0 Å². The van der Waals surface area contributed by atoms with Crippen LogP contribution < -0.4 is 4.90 Å². The maximum Gasteiger partial charge on any atom is 0.0726 e. The molecule has 0 aliphatic heterocycles. The van der Waals surface area contributed by atoms with E-state index < -0.39 is 5.41 Å². The van der Waals surface area contributed by atoms with Crippen LogP contribution in [0.5, 0.6) is 0 Å². The molecule has 0 bridgehead atoms. The van der Waals surface area contributed by atoms with Crippen molar-refractivity contribution in [2.24, 2.45) is 0 Å². The van der Waals surface area contributed by atoms with Gasteiger partial charge in [0.25, 0.3) is 0 Å². The lowest BCUT2D eigenvalue weighted by atomic mass is 9.70. The molecule has 2 aliphatic rings. The van der Waals surface area contributed by atoms with Gasteiger partial charge in [0.1, 0.15) is 0 Å². The molecule has 1 heterocycles. The predicted molar refractivity (Wildman–Crippen MR) is 314 cm³/mol. The normalized spacial score (nSPS) is 12.6. The van der Waals surface area contributed by atoms with Crippen molar-refractivity contribution in [1.29, 1.82) is 0 Å². The summed E-state index contributed by atoms with van der Waals surface area (Å²) in [5, 5.41) is 2.48. The summed E-state index contributed by atoms with van der Waals surface area (Å²) in [6, 6.07) is 108. The fourth-order valence-corrected chi connectivity index (χ4v) is 13.0. The monoisotopic (exact) mass is 952 g/mol. The minimum Gasteiger partial charge on any atom is -0.310 e. The Morgan fingerprint density at radius 1 is 0.280 bits per heavy atom. The third kappa shape index (κ3) is 6.46. The predicted octanol–water partition coefficient (Wildman–Crippen LogP) is 19.3. The summed E-state index contributed by atoms with van der Waals surface area (Å²) < 4.78 is 2.40. The van der Waals surface area contributed by atoms with Crippen LogP contribution in [0.3, 0.4) is 0 Å². The Kier molecular flexibility index (Phi) is 9.83. The molecule has 0 unspecified atom stereocenters. The van der Waals surface area contributed by atoms with Crippen LogP contribution in [-0.2, 0) is 5.41 Å². The van der Waals surface area contributed by atoms with E-state index in [1.165, 1.54) is 99.7 Å². The topological polar surface area (TPSA) is 8.17 Å². The van der Waals surface area contributed by atoms with Gasteiger partial charge in [-0.15, -0.1) is 0 Å².